The van der Waals surface area contributed by atoms with Crippen molar-refractivity contribution in [2.45, 2.75) is 19.1 Å². The van der Waals surface area contributed by atoms with Crippen LogP contribution >= 0.6 is 11.6 Å². The van der Waals surface area contributed by atoms with Gasteiger partial charge in [-0.2, -0.15) is 0 Å². The second-order valence-electron chi connectivity index (χ2n) is 9.28. The van der Waals surface area contributed by atoms with Gasteiger partial charge in [-0.25, -0.2) is 9.37 Å². The highest BCUT2D eigenvalue weighted by Crippen LogP contribution is 2.24. The second-order valence-corrected chi connectivity index (χ2v) is 9.69. The van der Waals surface area contributed by atoms with Crippen molar-refractivity contribution in [3.63, 3.8) is 0 Å². The monoisotopic (exact) mass is 493 g/mol. The topological polar surface area (TPSA) is 62.5 Å². The van der Waals surface area contributed by atoms with Gasteiger partial charge in [0, 0.05) is 57.4 Å². The predicted molar refractivity (Wildman–Crippen MR) is 136 cm³/mol. The van der Waals surface area contributed by atoms with Crippen LogP contribution in [0.4, 0.5) is 4.79 Å². The molecule has 2 saturated heterocycles. The van der Waals surface area contributed by atoms with E-state index in [0.29, 0.717) is 23.9 Å². The summed E-state index contributed by atoms with van der Waals surface area (Å²) in [6.07, 6.45) is 0. The molecule has 182 valence electrons. The molecule has 9 heteroatoms. The Kier molecular flexibility index (Phi) is 6.69. The lowest BCUT2D eigenvalue weighted by atomic mass is 10.1. The van der Waals surface area contributed by atoms with Crippen molar-refractivity contribution in [3.8, 4) is 0 Å². The fourth-order valence-electron chi connectivity index (χ4n) is 4.91. The Labute approximate surface area is 210 Å². The quantitative estimate of drug-likeness (QED) is 0.580. The molecule has 0 N–H and O–H groups in total. The number of piperazine rings is 1. The molecule has 0 saturated carbocycles. The van der Waals surface area contributed by atoms with Crippen molar-refractivity contribution in [2.75, 3.05) is 46.8 Å². The third-order valence-corrected chi connectivity index (χ3v) is 7.36. The Morgan fingerprint density at radius 3 is 2.20 bits per heavy atom. The standard InChI is InChI=1S/C26H30ClN6O2/c1-29-24-23(25(34)30(2)26(29)35)33(17-20-10-6-7-11-21(20)27)22(28-24)18-32-14-12-31(13-15-32)16-19-8-4-3-5-9-19/h3-11,23H,12-18H2,1-2H3/q+1. The number of benzene rings is 2. The van der Waals surface area contributed by atoms with Gasteiger partial charge < -0.3 is 0 Å². The van der Waals surface area contributed by atoms with Crippen LogP contribution in [-0.4, -0.2) is 101 Å². The lowest BCUT2D eigenvalue weighted by Crippen LogP contribution is -2.61. The van der Waals surface area contributed by atoms with Gasteiger partial charge in [0.05, 0.1) is 0 Å². The molecule has 2 aromatic rings. The van der Waals surface area contributed by atoms with Crippen LogP contribution in [0, 0.1) is 0 Å². The summed E-state index contributed by atoms with van der Waals surface area (Å²) in [6.45, 7) is 5.76. The van der Waals surface area contributed by atoms with E-state index in [1.165, 1.54) is 22.4 Å². The highest BCUT2D eigenvalue weighted by atomic mass is 35.5. The largest absolute Gasteiger partial charge is 0.333 e. The number of amides is 3. The molecule has 1 atom stereocenters. The maximum absolute atomic E-state index is 13.2. The zero-order valence-corrected chi connectivity index (χ0v) is 20.9. The third-order valence-electron chi connectivity index (χ3n) is 6.99. The Hall–Kier alpha value is -3.07. The molecule has 2 fully saturated rings. The Bertz CT molecular complexity index is 1190. The van der Waals surface area contributed by atoms with Crippen LogP contribution in [0.3, 0.4) is 0 Å². The van der Waals surface area contributed by atoms with E-state index in [-0.39, 0.29) is 11.9 Å². The molecule has 3 heterocycles. The summed E-state index contributed by atoms with van der Waals surface area (Å²) in [4.78, 5) is 38.1. The minimum Gasteiger partial charge on any atom is -0.297 e. The molecule has 1 unspecified atom stereocenters. The minimum atomic E-state index is -0.631. The van der Waals surface area contributed by atoms with Crippen LogP contribution < -0.4 is 0 Å². The Morgan fingerprint density at radius 1 is 0.886 bits per heavy atom. The summed E-state index contributed by atoms with van der Waals surface area (Å²) < 4.78 is 2.01. The number of urea groups is 1. The van der Waals surface area contributed by atoms with Crippen LogP contribution in [-0.2, 0) is 17.9 Å². The van der Waals surface area contributed by atoms with Crippen molar-refractivity contribution in [1.82, 2.24) is 19.6 Å². The molecule has 3 aliphatic heterocycles. The number of nitrogens with zero attached hydrogens (tertiary/aromatic N) is 6. The molecule has 0 bridgehead atoms. The number of halogens is 1. The van der Waals surface area contributed by atoms with Crippen LogP contribution in [0.5, 0.6) is 0 Å². The number of hydrogen-bond donors (Lipinski definition) is 0. The summed E-state index contributed by atoms with van der Waals surface area (Å²) in [5.41, 5.74) is 2.24. The number of fused-ring (bicyclic) bond motifs is 1. The highest BCUT2D eigenvalue weighted by molar-refractivity contribution is 6.31. The van der Waals surface area contributed by atoms with E-state index in [2.05, 4.69) is 34.1 Å². The third kappa shape index (κ3) is 4.74. The average Bonchev–Trinajstić information content (AvgIpc) is 3.22. The fraction of sp³-hybridized carbons (Fsp3) is 0.385. The Morgan fingerprint density at radius 2 is 1.51 bits per heavy atom. The molecule has 3 aliphatic rings. The van der Waals surface area contributed by atoms with Crippen molar-refractivity contribution >= 4 is 35.2 Å². The predicted octanol–water partition coefficient (Wildman–Crippen LogP) is 2.37. The van der Waals surface area contributed by atoms with E-state index in [4.69, 9.17) is 16.6 Å². The van der Waals surface area contributed by atoms with Crippen molar-refractivity contribution < 1.29 is 14.2 Å². The van der Waals surface area contributed by atoms with E-state index in [9.17, 15) is 9.59 Å². The molecule has 0 aromatic heterocycles. The van der Waals surface area contributed by atoms with Crippen LogP contribution in [0.25, 0.3) is 0 Å². The van der Waals surface area contributed by atoms with Gasteiger partial charge in [-0.1, -0.05) is 60.1 Å². The molecule has 0 radical (unpaired) electrons. The minimum absolute atomic E-state index is 0.262. The van der Waals surface area contributed by atoms with E-state index in [1.54, 1.807) is 7.05 Å². The van der Waals surface area contributed by atoms with Gasteiger partial charge in [0.15, 0.2) is 0 Å². The molecule has 8 nitrogen and oxygen atoms in total. The van der Waals surface area contributed by atoms with Crippen molar-refractivity contribution in [3.05, 3.63) is 70.7 Å². The van der Waals surface area contributed by atoms with E-state index in [0.717, 1.165) is 44.1 Å². The molecular weight excluding hydrogens is 464 g/mol. The number of rotatable bonds is 6. The molecule has 0 spiro atoms. The number of likely N-dealkylation sites (N-methyl/N-ethyl adjacent to an activating group) is 2. The van der Waals surface area contributed by atoms with Gasteiger partial charge in [0.1, 0.15) is 13.1 Å². The molecule has 2 aromatic carbocycles. The number of aliphatic imine (C=N–C) groups is 1. The number of carbonyl (C=O) groups excluding carboxylic acids is 2. The average molecular weight is 494 g/mol. The first-order chi connectivity index (χ1) is 16.9. The zero-order valence-electron chi connectivity index (χ0n) is 20.1. The van der Waals surface area contributed by atoms with Gasteiger partial charge in [0.25, 0.3) is 17.8 Å². The highest BCUT2D eigenvalue weighted by Gasteiger charge is 2.53. The molecular formula is C26H30ClN6O2+. The molecule has 3 amide bonds. The zero-order chi connectivity index (χ0) is 24.5. The molecule has 35 heavy (non-hydrogen) atoms. The Balaban J connectivity index is 1.36. The molecule has 0 aliphatic carbocycles. The maximum Gasteiger partial charge on any atom is 0.333 e. The maximum atomic E-state index is 13.2. The fourth-order valence-corrected chi connectivity index (χ4v) is 5.11. The lowest BCUT2D eigenvalue weighted by molar-refractivity contribution is -0.552. The summed E-state index contributed by atoms with van der Waals surface area (Å²) in [5.74, 6) is 1.02. The first-order valence-electron chi connectivity index (χ1n) is 11.9. The number of hydrogen-bond acceptors (Lipinski definition) is 5. The summed E-state index contributed by atoms with van der Waals surface area (Å²) >= 11 is 6.47. The van der Waals surface area contributed by atoms with Gasteiger partial charge in [-0.15, -0.1) is 0 Å². The SMILES string of the molecule is CN1C(=O)C2C(=NC(CN3CCN(Cc4ccccc4)CC3)=[N+]2Cc2ccccc2Cl)N(C)C1=O. The van der Waals surface area contributed by atoms with Gasteiger partial charge >= 0.3 is 11.9 Å². The second kappa shape index (κ2) is 9.89. The number of amidine groups is 2. The van der Waals surface area contributed by atoms with Gasteiger partial charge in [-0.3, -0.25) is 24.4 Å². The lowest BCUT2D eigenvalue weighted by Gasteiger charge is -2.34. The van der Waals surface area contributed by atoms with Gasteiger partial charge in [-0.05, 0) is 16.6 Å². The van der Waals surface area contributed by atoms with Crippen LogP contribution in [0.2, 0.25) is 5.02 Å². The van der Waals surface area contributed by atoms with Crippen LogP contribution in [0.1, 0.15) is 11.1 Å². The van der Waals surface area contributed by atoms with Crippen LogP contribution in [0.15, 0.2) is 59.6 Å². The van der Waals surface area contributed by atoms with E-state index < -0.39 is 6.04 Å². The number of carbonyl (C=O) groups is 2. The summed E-state index contributed by atoms with van der Waals surface area (Å²) in [5, 5.41) is 0.649. The summed E-state index contributed by atoms with van der Waals surface area (Å²) in [6, 6.07) is 17.2. The first kappa shape index (κ1) is 23.7. The number of imide groups is 1. The van der Waals surface area contributed by atoms with Gasteiger partial charge in [0.2, 0.25) is 0 Å². The van der Waals surface area contributed by atoms with Crippen molar-refractivity contribution in [2.24, 2.45) is 4.99 Å². The van der Waals surface area contributed by atoms with E-state index in [1.807, 2.05) is 34.9 Å². The summed E-state index contributed by atoms with van der Waals surface area (Å²) in [7, 11) is 3.20. The molecule has 5 rings (SSSR count). The smallest absolute Gasteiger partial charge is 0.297 e. The van der Waals surface area contributed by atoms with E-state index >= 15 is 0 Å². The normalized spacial score (nSPS) is 21.6. The van der Waals surface area contributed by atoms with Crippen molar-refractivity contribution in [1.29, 1.82) is 0 Å². The first-order valence-corrected chi connectivity index (χ1v) is 12.3.